The summed E-state index contributed by atoms with van der Waals surface area (Å²) in [5, 5.41) is 0. The molecular weight excluding hydrogens is 375 g/mol. The van der Waals surface area contributed by atoms with Crippen LogP contribution in [0.3, 0.4) is 0 Å². The first-order chi connectivity index (χ1) is 8.69. The van der Waals surface area contributed by atoms with Gasteiger partial charge in [-0.3, -0.25) is 0 Å². The van der Waals surface area contributed by atoms with Gasteiger partial charge in [0.1, 0.15) is 0 Å². The third-order valence-electron chi connectivity index (χ3n) is 2.68. The Kier molecular flexibility index (Phi) is 47.8. The van der Waals surface area contributed by atoms with Crippen LogP contribution < -0.4 is 0 Å². The number of rotatable bonds is 6. The van der Waals surface area contributed by atoms with Crippen LogP contribution in [0.2, 0.25) is 0 Å². The standard InChI is InChI=1S/2C6H15P.BrH.NO.Ni/c2*1-4-7(5-2)6-3;;1-2;/h2*4-6H2,1-3H3;1H;;/q;;;-1;+1/p-1. The maximum atomic E-state index is 7.25. The van der Waals surface area contributed by atoms with Crippen LogP contribution in [0.25, 0.3) is 5.59 Å². The zero-order valence-corrected chi connectivity index (χ0v) is 17.0. The number of hydrogen-bond donors (Lipinski definition) is 0. The van der Waals surface area contributed by atoms with E-state index in [0.717, 1.165) is 0 Å². The van der Waals surface area contributed by atoms with Crippen molar-refractivity contribution in [3.63, 3.8) is 0 Å². The van der Waals surface area contributed by atoms with Crippen LogP contribution >= 0.6 is 30.1 Å². The topological polar surface area (TPSA) is 39.4 Å². The number of halogens is 1. The third-order valence-corrected chi connectivity index (χ3v) is 8.05. The summed E-state index contributed by atoms with van der Waals surface area (Å²) in [7, 11) is 0.892. The van der Waals surface area contributed by atoms with Gasteiger partial charge in [-0.1, -0.05) is 41.5 Å². The molecule has 0 saturated heterocycles. The zero-order chi connectivity index (χ0) is 15.4. The summed E-state index contributed by atoms with van der Waals surface area (Å²) in [5.41, 5.74) is 5.75. The molecule has 0 saturated carbocycles. The molecule has 0 aromatic heterocycles. The van der Waals surface area contributed by atoms with E-state index in [4.69, 9.17) is 10.5 Å². The molecule has 0 aliphatic rings. The second-order valence-electron chi connectivity index (χ2n) is 3.24. The first kappa shape index (κ1) is 27.7. The van der Waals surface area contributed by atoms with Gasteiger partial charge in [0, 0.05) is 0 Å². The van der Waals surface area contributed by atoms with Crippen molar-refractivity contribution in [1.29, 1.82) is 0 Å². The van der Waals surface area contributed by atoms with Crippen LogP contribution in [0.1, 0.15) is 41.5 Å². The summed E-state index contributed by atoms with van der Waals surface area (Å²) in [6.45, 7) is 13.7. The SMILES string of the molecule is CCP(CC)CC.CCP(CC)CC.[N-]=O.[Ni][Br]. The molecule has 6 heteroatoms. The van der Waals surface area contributed by atoms with E-state index in [2.05, 4.69) is 69.5 Å². The quantitative estimate of drug-likeness (QED) is 0.382. The fourth-order valence-corrected chi connectivity index (χ4v) is 4.02. The van der Waals surface area contributed by atoms with E-state index < -0.39 is 0 Å². The van der Waals surface area contributed by atoms with Crippen LogP contribution in [0.4, 0.5) is 0 Å². The Bertz CT molecular complexity index is 95.2. The Morgan fingerprint density at radius 2 is 0.778 bits per heavy atom. The molecule has 0 aliphatic heterocycles. The van der Waals surface area contributed by atoms with E-state index in [0.29, 0.717) is 15.8 Å². The molecule has 0 fully saturated rings. The molecule has 0 aliphatic carbocycles. The van der Waals surface area contributed by atoms with Crippen LogP contribution in [0.15, 0.2) is 0 Å². The van der Waals surface area contributed by atoms with Crippen molar-refractivity contribution in [3.8, 4) is 0 Å². The van der Waals surface area contributed by atoms with Crippen molar-refractivity contribution in [2.75, 3.05) is 37.0 Å². The van der Waals surface area contributed by atoms with Crippen molar-refractivity contribution < 1.29 is 13.7 Å². The molecule has 0 N–H and O–H groups in total. The van der Waals surface area contributed by atoms with Gasteiger partial charge in [0.15, 0.2) is 0 Å². The molecule has 0 rings (SSSR count). The summed E-state index contributed by atoms with van der Waals surface area (Å²) >= 11 is 6.25. The molecule has 117 valence electrons. The molecule has 2 nitrogen and oxygen atoms in total. The van der Waals surface area contributed by atoms with Crippen LogP contribution in [0, 0.1) is 4.91 Å². The molecule has 0 aromatic carbocycles. The Morgan fingerprint density at radius 1 is 0.667 bits per heavy atom. The molecule has 0 aromatic rings. The normalized spacial score (nSPS) is 8.61. The fraction of sp³-hybridized carbons (Fsp3) is 1.00. The molecule has 0 unspecified atom stereocenters. The average Bonchev–Trinajstić information content (AvgIpc) is 2.48. The minimum absolute atomic E-state index is 0.446. The van der Waals surface area contributed by atoms with Gasteiger partial charge in [-0.25, -0.2) is 0 Å². The number of nitrogens with zero attached hydrogens (tertiary/aromatic N) is 1. The fourth-order valence-electron chi connectivity index (χ4n) is 1.34. The molecule has 0 heterocycles. The zero-order valence-electron chi connectivity index (χ0n) is 12.7. The van der Waals surface area contributed by atoms with Crippen LogP contribution in [-0.2, 0) is 13.7 Å². The number of hydrogen-bond acceptors (Lipinski definition) is 1. The molecule has 0 radical (unpaired) electrons. The second-order valence-corrected chi connectivity index (χ2v) is 9.72. The number of nitroso groups, excluding NO2 is 1. The average molecular weight is 405 g/mol. The monoisotopic (exact) mass is 403 g/mol. The van der Waals surface area contributed by atoms with E-state index in [1.54, 1.807) is 0 Å². The van der Waals surface area contributed by atoms with Gasteiger partial charge in [0.05, 0.1) is 0 Å². The minimum atomic E-state index is 0.446. The van der Waals surface area contributed by atoms with Crippen molar-refractivity contribution >= 4 is 30.1 Å². The van der Waals surface area contributed by atoms with E-state index in [-0.39, 0.29) is 0 Å². The maximum absolute atomic E-state index is 7.25. The Morgan fingerprint density at radius 3 is 0.778 bits per heavy atom. The van der Waals surface area contributed by atoms with E-state index in [1.165, 1.54) is 37.0 Å². The molecule has 18 heavy (non-hydrogen) atoms. The van der Waals surface area contributed by atoms with Gasteiger partial charge in [-0.15, -0.1) is 15.8 Å². The summed E-state index contributed by atoms with van der Waals surface area (Å²) in [5.74, 6) is 0. The Balaban J connectivity index is -0.0000000851. The molecule has 0 atom stereocenters. The third kappa shape index (κ3) is 26.1. The first-order valence-electron chi connectivity index (χ1n) is 6.44. The van der Waals surface area contributed by atoms with Crippen LogP contribution in [0.5, 0.6) is 0 Å². The molecule has 0 bridgehead atoms. The summed E-state index contributed by atoms with van der Waals surface area (Å²) in [6.07, 6.45) is 8.51. The Labute approximate surface area is 132 Å². The van der Waals surface area contributed by atoms with Gasteiger partial charge in [-0.05, 0) is 37.0 Å². The van der Waals surface area contributed by atoms with E-state index >= 15 is 0 Å². The summed E-state index contributed by atoms with van der Waals surface area (Å²) < 4.78 is 0. The van der Waals surface area contributed by atoms with Crippen LogP contribution in [-0.4, -0.2) is 37.0 Å². The van der Waals surface area contributed by atoms with Crippen molar-refractivity contribution in [2.24, 2.45) is 0 Å². The second kappa shape index (κ2) is 31.0. The summed E-state index contributed by atoms with van der Waals surface area (Å²) in [4.78, 5) is 7.25. The van der Waals surface area contributed by atoms with Crippen molar-refractivity contribution in [2.45, 2.75) is 41.5 Å². The van der Waals surface area contributed by atoms with Gasteiger partial charge < -0.3 is 10.5 Å². The van der Waals surface area contributed by atoms with E-state index in [1.807, 2.05) is 0 Å². The molecular formula is C12H30BrNNiOP2-. The van der Waals surface area contributed by atoms with Crippen molar-refractivity contribution in [3.05, 3.63) is 10.5 Å². The molecule has 0 amide bonds. The molecule has 0 spiro atoms. The van der Waals surface area contributed by atoms with E-state index in [9.17, 15) is 0 Å². The summed E-state index contributed by atoms with van der Waals surface area (Å²) in [6, 6.07) is 0. The predicted molar refractivity (Wildman–Crippen MR) is 92.7 cm³/mol. The van der Waals surface area contributed by atoms with Gasteiger partial charge >= 0.3 is 27.9 Å². The van der Waals surface area contributed by atoms with Gasteiger partial charge in [0.2, 0.25) is 0 Å². The van der Waals surface area contributed by atoms with Gasteiger partial charge in [-0.2, -0.15) is 0 Å². The van der Waals surface area contributed by atoms with Crippen molar-refractivity contribution in [1.82, 2.24) is 0 Å². The van der Waals surface area contributed by atoms with Gasteiger partial charge in [0.25, 0.3) is 0 Å². The first-order valence-corrected chi connectivity index (χ1v) is 12.7. The Hall–Kier alpha value is 1.43. The predicted octanol–water partition coefficient (Wildman–Crippen LogP) is 6.22.